The first-order valence-electron chi connectivity index (χ1n) is 6.14. The minimum Gasteiger partial charge on any atom is -0.0622 e. The molecule has 0 aromatic heterocycles. The van der Waals surface area contributed by atoms with Gasteiger partial charge in [-0.15, -0.1) is 0 Å². The lowest BCUT2D eigenvalue weighted by Crippen LogP contribution is -1.75. The van der Waals surface area contributed by atoms with Crippen molar-refractivity contribution in [1.29, 1.82) is 0 Å². The Morgan fingerprint density at radius 3 is 2.00 bits per heavy atom. The van der Waals surface area contributed by atoms with E-state index in [0.717, 1.165) is 0 Å². The molecule has 3 aromatic carbocycles. The van der Waals surface area contributed by atoms with Gasteiger partial charge in [-0.05, 0) is 28.0 Å². The van der Waals surface area contributed by atoms with Crippen molar-refractivity contribution >= 4 is 22.9 Å². The van der Waals surface area contributed by atoms with Gasteiger partial charge in [0.05, 0.1) is 0 Å². The summed E-state index contributed by atoms with van der Waals surface area (Å²) in [5.41, 5.74) is 2.46. The molecule has 0 saturated carbocycles. The fraction of sp³-hybridized carbons (Fsp3) is 0. The summed E-state index contributed by atoms with van der Waals surface area (Å²) in [6.45, 7) is 0. The van der Waals surface area contributed by atoms with Crippen LogP contribution in [-0.2, 0) is 0 Å². The second-order valence-corrected chi connectivity index (χ2v) is 4.35. The van der Waals surface area contributed by atoms with E-state index in [4.69, 9.17) is 0 Å². The number of hydrogen-bond donors (Lipinski definition) is 0. The largest absolute Gasteiger partial charge is 0.0622 e. The molecule has 0 N–H and O–H groups in total. The van der Waals surface area contributed by atoms with Crippen LogP contribution in [0.3, 0.4) is 0 Å². The summed E-state index contributed by atoms with van der Waals surface area (Å²) in [5, 5.41) is 2.57. The van der Waals surface area contributed by atoms with Gasteiger partial charge in [0.1, 0.15) is 0 Å². The van der Waals surface area contributed by atoms with Crippen molar-refractivity contribution < 1.29 is 0 Å². The fourth-order valence-corrected chi connectivity index (χ4v) is 2.07. The van der Waals surface area contributed by atoms with Gasteiger partial charge >= 0.3 is 0 Å². The molecule has 0 atom stereocenters. The number of benzene rings is 3. The molecular weight excluding hydrogens is 216 g/mol. The van der Waals surface area contributed by atoms with Crippen molar-refractivity contribution in [3.8, 4) is 0 Å². The first kappa shape index (κ1) is 10.8. The Morgan fingerprint density at radius 1 is 0.500 bits per heavy atom. The van der Waals surface area contributed by atoms with E-state index >= 15 is 0 Å². The topological polar surface area (TPSA) is 0 Å². The van der Waals surface area contributed by atoms with E-state index in [2.05, 4.69) is 78.9 Å². The van der Waals surface area contributed by atoms with Crippen molar-refractivity contribution in [2.45, 2.75) is 0 Å². The summed E-state index contributed by atoms with van der Waals surface area (Å²) in [6.07, 6.45) is 4.30. The minimum absolute atomic E-state index is 1.23. The molecule has 18 heavy (non-hydrogen) atoms. The quantitative estimate of drug-likeness (QED) is 0.543. The summed E-state index contributed by atoms with van der Waals surface area (Å²) in [6, 6.07) is 25.3. The molecule has 0 unspecified atom stereocenters. The third-order valence-corrected chi connectivity index (χ3v) is 3.04. The molecule has 3 aromatic rings. The second kappa shape index (κ2) is 4.89. The molecule has 0 aliphatic heterocycles. The second-order valence-electron chi connectivity index (χ2n) is 4.35. The molecule has 0 amide bonds. The van der Waals surface area contributed by atoms with Crippen molar-refractivity contribution in [2.24, 2.45) is 0 Å². The van der Waals surface area contributed by atoms with Gasteiger partial charge < -0.3 is 0 Å². The standard InChI is InChI=1S/C18H14/c1-2-6-15(7-3-1)10-11-16-12-13-17-8-4-5-9-18(17)14-16/h1-14H. The van der Waals surface area contributed by atoms with Gasteiger partial charge in [-0.2, -0.15) is 0 Å². The third kappa shape index (κ3) is 2.33. The predicted molar refractivity (Wildman–Crippen MR) is 79.3 cm³/mol. The van der Waals surface area contributed by atoms with Crippen LogP contribution in [0.5, 0.6) is 0 Å². The maximum Gasteiger partial charge on any atom is -0.0178 e. The van der Waals surface area contributed by atoms with Gasteiger partial charge in [-0.25, -0.2) is 0 Å². The summed E-state index contributed by atoms with van der Waals surface area (Å²) in [5.74, 6) is 0. The monoisotopic (exact) mass is 230 g/mol. The highest BCUT2D eigenvalue weighted by Gasteiger charge is 1.92. The minimum atomic E-state index is 1.23. The van der Waals surface area contributed by atoms with Crippen molar-refractivity contribution in [2.75, 3.05) is 0 Å². The number of rotatable bonds is 2. The van der Waals surface area contributed by atoms with Gasteiger partial charge in [0.15, 0.2) is 0 Å². The highest BCUT2D eigenvalue weighted by Crippen LogP contribution is 2.17. The van der Waals surface area contributed by atoms with E-state index < -0.39 is 0 Å². The molecule has 0 nitrogen and oxygen atoms in total. The lowest BCUT2D eigenvalue weighted by Gasteiger charge is -1.99. The Labute approximate surface area is 107 Å². The molecule has 3 rings (SSSR count). The SMILES string of the molecule is C(=Cc1ccc2ccccc2c1)c1ccccc1. The van der Waals surface area contributed by atoms with E-state index in [1.54, 1.807) is 0 Å². The highest BCUT2D eigenvalue weighted by atomic mass is 14.0. The molecule has 0 saturated heterocycles. The molecule has 0 spiro atoms. The van der Waals surface area contributed by atoms with Crippen LogP contribution in [0.1, 0.15) is 11.1 Å². The average molecular weight is 230 g/mol. The zero-order valence-electron chi connectivity index (χ0n) is 10.1. The molecule has 0 fully saturated rings. The van der Waals surface area contributed by atoms with Crippen molar-refractivity contribution in [3.05, 3.63) is 83.9 Å². The van der Waals surface area contributed by atoms with Crippen LogP contribution in [0.25, 0.3) is 22.9 Å². The van der Waals surface area contributed by atoms with E-state index in [1.165, 1.54) is 21.9 Å². The number of hydrogen-bond acceptors (Lipinski definition) is 0. The molecule has 0 radical (unpaired) electrons. The lowest BCUT2D eigenvalue weighted by atomic mass is 10.1. The van der Waals surface area contributed by atoms with Crippen LogP contribution < -0.4 is 0 Å². The number of fused-ring (bicyclic) bond motifs is 1. The van der Waals surface area contributed by atoms with Gasteiger partial charge in [-0.3, -0.25) is 0 Å². The van der Waals surface area contributed by atoms with Crippen molar-refractivity contribution in [1.82, 2.24) is 0 Å². The van der Waals surface area contributed by atoms with Crippen LogP contribution in [0.2, 0.25) is 0 Å². The summed E-state index contributed by atoms with van der Waals surface area (Å²) < 4.78 is 0. The zero-order valence-corrected chi connectivity index (χ0v) is 10.1. The first-order chi connectivity index (χ1) is 8.92. The Kier molecular flexibility index (Phi) is 2.93. The fourth-order valence-electron chi connectivity index (χ4n) is 2.07. The van der Waals surface area contributed by atoms with Gasteiger partial charge in [-0.1, -0.05) is 78.9 Å². The first-order valence-corrected chi connectivity index (χ1v) is 6.14. The van der Waals surface area contributed by atoms with Crippen LogP contribution in [0, 0.1) is 0 Å². The summed E-state index contributed by atoms with van der Waals surface area (Å²) in [7, 11) is 0. The van der Waals surface area contributed by atoms with Crippen LogP contribution >= 0.6 is 0 Å². The molecule has 0 bridgehead atoms. The Bertz CT molecular complexity index is 678. The van der Waals surface area contributed by atoms with Gasteiger partial charge in [0.2, 0.25) is 0 Å². The molecule has 0 heteroatoms. The van der Waals surface area contributed by atoms with E-state index in [-0.39, 0.29) is 0 Å². The molecule has 0 aliphatic carbocycles. The Morgan fingerprint density at radius 2 is 1.17 bits per heavy atom. The average Bonchev–Trinajstić information content (AvgIpc) is 2.46. The summed E-state index contributed by atoms with van der Waals surface area (Å²) in [4.78, 5) is 0. The lowest BCUT2D eigenvalue weighted by molar-refractivity contribution is 1.66. The molecule has 86 valence electrons. The Balaban J connectivity index is 1.93. The van der Waals surface area contributed by atoms with Crippen LogP contribution in [-0.4, -0.2) is 0 Å². The van der Waals surface area contributed by atoms with Gasteiger partial charge in [0.25, 0.3) is 0 Å². The third-order valence-electron chi connectivity index (χ3n) is 3.04. The normalized spacial score (nSPS) is 11.1. The maximum atomic E-state index is 2.22. The van der Waals surface area contributed by atoms with E-state index in [9.17, 15) is 0 Å². The van der Waals surface area contributed by atoms with Crippen LogP contribution in [0.15, 0.2) is 72.8 Å². The smallest absolute Gasteiger partial charge is 0.0178 e. The van der Waals surface area contributed by atoms with Crippen molar-refractivity contribution in [3.63, 3.8) is 0 Å². The molecule has 0 aliphatic rings. The molecule has 0 heterocycles. The highest BCUT2D eigenvalue weighted by molar-refractivity contribution is 5.85. The summed E-state index contributed by atoms with van der Waals surface area (Å²) >= 11 is 0. The van der Waals surface area contributed by atoms with E-state index in [1.807, 2.05) is 6.07 Å². The zero-order chi connectivity index (χ0) is 12.2. The molecular formula is C18H14. The maximum absolute atomic E-state index is 2.22. The van der Waals surface area contributed by atoms with Gasteiger partial charge in [0, 0.05) is 0 Å². The predicted octanol–water partition coefficient (Wildman–Crippen LogP) is 5.01. The van der Waals surface area contributed by atoms with E-state index in [0.29, 0.717) is 0 Å². The van der Waals surface area contributed by atoms with Crippen LogP contribution in [0.4, 0.5) is 0 Å². The Hall–Kier alpha value is -2.34.